The zero-order chi connectivity index (χ0) is 22.7. The Hall–Kier alpha value is -3.55. The molecule has 2 aromatic heterocycles. The van der Waals surface area contributed by atoms with Crippen molar-refractivity contribution < 1.29 is 19.3 Å². The zero-order valence-corrected chi connectivity index (χ0v) is 18.2. The lowest BCUT2D eigenvalue weighted by molar-refractivity contribution is -0.365. The fraction of sp³-hybridized carbons (Fsp3) is 0.348. The van der Waals surface area contributed by atoms with Crippen molar-refractivity contribution >= 4 is 22.8 Å². The number of rotatable bonds is 2. The Balaban J connectivity index is 2.16. The molecule has 0 radical (unpaired) electrons. The summed E-state index contributed by atoms with van der Waals surface area (Å²) in [6, 6.07) is 6.58. The van der Waals surface area contributed by atoms with Gasteiger partial charge >= 0.3 is 11.7 Å². The summed E-state index contributed by atoms with van der Waals surface area (Å²) < 4.78 is 7.18. The quantitative estimate of drug-likeness (QED) is 0.585. The van der Waals surface area contributed by atoms with Crippen LogP contribution in [0.3, 0.4) is 0 Å². The lowest BCUT2D eigenvalue weighted by Gasteiger charge is -2.29. The van der Waals surface area contributed by atoms with Crippen LogP contribution in [0, 0.1) is 5.41 Å². The first-order valence-electron chi connectivity index (χ1n) is 9.95. The highest BCUT2D eigenvalue weighted by atomic mass is 16.5. The zero-order valence-electron chi connectivity index (χ0n) is 18.2. The van der Waals surface area contributed by atoms with Crippen molar-refractivity contribution in [1.29, 1.82) is 0 Å². The number of nitrogens with zero attached hydrogens (tertiary/aromatic N) is 2. The minimum atomic E-state index is -0.484. The van der Waals surface area contributed by atoms with Crippen molar-refractivity contribution in [2.45, 2.75) is 26.7 Å². The number of fused-ring (bicyclic) bond motifs is 2. The highest BCUT2D eigenvalue weighted by molar-refractivity contribution is 6.10. The molecule has 1 N–H and O–H groups in total. The summed E-state index contributed by atoms with van der Waals surface area (Å²) in [5.74, 6) is -0.539. The molecule has 0 fully saturated rings. The third-order valence-corrected chi connectivity index (χ3v) is 5.90. The van der Waals surface area contributed by atoms with Gasteiger partial charge in [0.05, 0.1) is 25.3 Å². The van der Waals surface area contributed by atoms with Gasteiger partial charge in [-0.3, -0.25) is 9.59 Å². The Labute approximate surface area is 178 Å². The minimum Gasteiger partial charge on any atom is -0.465 e. The summed E-state index contributed by atoms with van der Waals surface area (Å²) in [5.41, 5.74) is 1.80. The summed E-state index contributed by atoms with van der Waals surface area (Å²) in [6.45, 7) is 4.03. The number of benzene rings is 1. The van der Waals surface area contributed by atoms with E-state index in [9.17, 15) is 19.2 Å². The second kappa shape index (κ2) is 7.01. The van der Waals surface area contributed by atoms with Gasteiger partial charge in [0.25, 0.3) is 11.2 Å². The number of pyridine rings is 1. The van der Waals surface area contributed by atoms with Gasteiger partial charge in [0, 0.05) is 25.5 Å². The number of H-pyrrole nitrogens is 1. The van der Waals surface area contributed by atoms with Gasteiger partial charge < -0.3 is 4.74 Å². The Bertz CT molecular complexity index is 1380. The normalized spacial score (nSPS) is 15.1. The number of Topliss-reactive ketones (excluding diaryl/α,β-unsaturated/α-hetero) is 1. The molecule has 0 amide bonds. The summed E-state index contributed by atoms with van der Waals surface area (Å²) in [4.78, 5) is 54.0. The van der Waals surface area contributed by atoms with Gasteiger partial charge in [-0.05, 0) is 23.1 Å². The molecule has 160 valence electrons. The van der Waals surface area contributed by atoms with E-state index in [-0.39, 0.29) is 16.6 Å². The number of methoxy groups -OCH3 is 1. The van der Waals surface area contributed by atoms with Gasteiger partial charge in [0.15, 0.2) is 5.78 Å². The van der Waals surface area contributed by atoms with E-state index in [1.54, 1.807) is 31.3 Å². The van der Waals surface area contributed by atoms with E-state index in [0.717, 1.165) is 4.57 Å². The minimum absolute atomic E-state index is 0.0626. The van der Waals surface area contributed by atoms with Crippen LogP contribution in [0.2, 0.25) is 0 Å². The molecular weight excluding hydrogens is 398 g/mol. The van der Waals surface area contributed by atoms with E-state index in [1.165, 1.54) is 18.7 Å². The first-order chi connectivity index (χ1) is 14.6. The van der Waals surface area contributed by atoms with Crippen molar-refractivity contribution in [1.82, 2.24) is 9.13 Å². The van der Waals surface area contributed by atoms with Crippen molar-refractivity contribution in [3.63, 3.8) is 0 Å². The SMILES string of the molecule is COC(=O)c1ccc(-c2c3c([nH+]c4c2c(=O)n(C)c(=O)n4C)CC(C)(C)CC3=O)cc1. The largest absolute Gasteiger partial charge is 0.465 e. The standard InChI is InChI=1S/C23H23N3O5/c1-23(2)10-14-17(15(27)11-23)16(12-6-8-13(9-7-12)21(29)31-5)18-19(24-14)25(3)22(30)26(4)20(18)28/h6-9H,10-11H2,1-5H3/p+1. The predicted molar refractivity (Wildman–Crippen MR) is 114 cm³/mol. The van der Waals surface area contributed by atoms with Crippen LogP contribution in [0.5, 0.6) is 0 Å². The molecule has 0 bridgehead atoms. The second-order valence-corrected chi connectivity index (χ2v) is 8.79. The van der Waals surface area contributed by atoms with Crippen molar-refractivity contribution in [2.75, 3.05) is 7.11 Å². The number of ether oxygens (including phenoxy) is 1. The molecule has 0 unspecified atom stereocenters. The van der Waals surface area contributed by atoms with E-state index in [4.69, 9.17) is 4.74 Å². The summed E-state index contributed by atoms with van der Waals surface area (Å²) in [7, 11) is 4.31. The van der Waals surface area contributed by atoms with Crippen LogP contribution in [-0.2, 0) is 25.3 Å². The number of hydrogen-bond acceptors (Lipinski definition) is 5. The number of aromatic nitrogens is 3. The number of hydrogen-bond donors (Lipinski definition) is 0. The van der Waals surface area contributed by atoms with Crippen molar-refractivity contribution in [3.05, 3.63) is 61.9 Å². The third-order valence-electron chi connectivity index (χ3n) is 5.90. The second-order valence-electron chi connectivity index (χ2n) is 8.79. The molecule has 0 aliphatic heterocycles. The number of carbonyl (C=O) groups excluding carboxylic acids is 2. The van der Waals surface area contributed by atoms with Crippen molar-refractivity contribution in [2.24, 2.45) is 19.5 Å². The number of carbonyl (C=O) groups is 2. The molecule has 3 aromatic rings. The maximum atomic E-state index is 13.2. The predicted octanol–water partition coefficient (Wildman–Crippen LogP) is 1.66. The summed E-state index contributed by atoms with van der Waals surface area (Å²) in [5, 5.41) is 0.266. The Morgan fingerprint density at radius 1 is 1.00 bits per heavy atom. The van der Waals surface area contributed by atoms with Crippen LogP contribution in [0.15, 0.2) is 33.9 Å². The molecule has 0 spiro atoms. The van der Waals surface area contributed by atoms with E-state index < -0.39 is 17.2 Å². The molecule has 1 aromatic carbocycles. The molecule has 8 heteroatoms. The van der Waals surface area contributed by atoms with Gasteiger partial charge in [0.1, 0.15) is 11.1 Å². The number of aromatic amines is 1. The van der Waals surface area contributed by atoms with Crippen LogP contribution >= 0.6 is 0 Å². The smallest absolute Gasteiger partial charge is 0.417 e. The molecule has 0 saturated heterocycles. The Kier molecular flexibility index (Phi) is 4.68. The Morgan fingerprint density at radius 3 is 2.26 bits per heavy atom. The van der Waals surface area contributed by atoms with Gasteiger partial charge in [-0.25, -0.2) is 19.1 Å². The maximum absolute atomic E-state index is 13.2. The molecule has 0 saturated carbocycles. The Morgan fingerprint density at radius 2 is 1.65 bits per heavy atom. The molecule has 31 heavy (non-hydrogen) atoms. The van der Waals surface area contributed by atoms with E-state index in [2.05, 4.69) is 4.98 Å². The lowest BCUT2D eigenvalue weighted by atomic mass is 9.73. The molecule has 1 aliphatic carbocycles. The monoisotopic (exact) mass is 422 g/mol. The average Bonchev–Trinajstić information content (AvgIpc) is 2.73. The third kappa shape index (κ3) is 3.19. The molecule has 8 nitrogen and oxygen atoms in total. The molecular formula is C23H24N3O5+. The molecule has 1 aliphatic rings. The number of esters is 1. The van der Waals surface area contributed by atoms with Gasteiger partial charge in [-0.1, -0.05) is 26.0 Å². The maximum Gasteiger partial charge on any atom is 0.417 e. The number of ketones is 1. The van der Waals surface area contributed by atoms with Crippen LogP contribution in [0.25, 0.3) is 22.2 Å². The van der Waals surface area contributed by atoms with Crippen LogP contribution in [0.4, 0.5) is 0 Å². The topological polar surface area (TPSA) is 102 Å². The molecule has 4 rings (SSSR count). The number of nitrogens with one attached hydrogen (secondary N) is 1. The summed E-state index contributed by atoms with van der Waals surface area (Å²) >= 11 is 0. The average molecular weight is 422 g/mol. The van der Waals surface area contributed by atoms with Gasteiger partial charge in [0.2, 0.25) is 0 Å². The first kappa shape index (κ1) is 20.7. The van der Waals surface area contributed by atoms with Crippen LogP contribution < -0.4 is 16.2 Å². The highest BCUT2D eigenvalue weighted by Gasteiger charge is 2.38. The first-order valence-corrected chi connectivity index (χ1v) is 9.95. The van der Waals surface area contributed by atoms with E-state index in [1.807, 2.05) is 13.8 Å². The highest BCUT2D eigenvalue weighted by Crippen LogP contribution is 2.39. The van der Waals surface area contributed by atoms with Crippen molar-refractivity contribution in [3.8, 4) is 11.1 Å². The van der Waals surface area contributed by atoms with Gasteiger partial charge in [-0.15, -0.1) is 0 Å². The summed E-state index contributed by atoms with van der Waals surface area (Å²) in [6.07, 6.45) is 0.944. The fourth-order valence-electron chi connectivity index (χ4n) is 4.38. The number of aryl methyl sites for hydroxylation is 1. The van der Waals surface area contributed by atoms with Crippen LogP contribution in [-0.4, -0.2) is 28.0 Å². The molecule has 0 atom stereocenters. The van der Waals surface area contributed by atoms with Crippen LogP contribution in [0.1, 0.15) is 46.7 Å². The lowest BCUT2D eigenvalue weighted by Crippen LogP contribution is -2.42. The van der Waals surface area contributed by atoms with Gasteiger partial charge in [-0.2, -0.15) is 4.57 Å². The molecule has 2 heterocycles. The van der Waals surface area contributed by atoms with E-state index >= 15 is 0 Å². The fourth-order valence-corrected chi connectivity index (χ4v) is 4.38. The van der Waals surface area contributed by atoms with E-state index in [0.29, 0.717) is 46.4 Å².